The second-order valence-electron chi connectivity index (χ2n) is 5.05. The van der Waals surface area contributed by atoms with E-state index in [-0.39, 0.29) is 6.04 Å². The zero-order valence-electron chi connectivity index (χ0n) is 12.5. The third-order valence-electron chi connectivity index (χ3n) is 3.84. The van der Waals surface area contributed by atoms with Gasteiger partial charge in [-0.05, 0) is 29.4 Å². The number of hydrogen-bond donors (Lipinski definition) is 1. The zero-order chi connectivity index (χ0) is 14.8. The minimum atomic E-state index is 0.0389. The Labute approximate surface area is 124 Å². The Hall–Kier alpha value is -2.33. The highest BCUT2D eigenvalue weighted by Gasteiger charge is 2.21. The second kappa shape index (κ2) is 5.58. The maximum atomic E-state index is 5.43. The van der Waals surface area contributed by atoms with E-state index in [0.29, 0.717) is 0 Å². The first-order valence-corrected chi connectivity index (χ1v) is 6.96. The molecule has 1 atom stereocenters. The van der Waals surface area contributed by atoms with Gasteiger partial charge in [0, 0.05) is 7.05 Å². The summed E-state index contributed by atoms with van der Waals surface area (Å²) in [5, 5.41) is 10.1. The second-order valence-corrected chi connectivity index (χ2v) is 5.05. The average Bonchev–Trinajstić information content (AvgIpc) is 2.89. The summed E-state index contributed by atoms with van der Waals surface area (Å²) in [4.78, 5) is 0. The van der Waals surface area contributed by atoms with Crippen LogP contribution >= 0.6 is 0 Å². The highest BCUT2D eigenvalue weighted by Crippen LogP contribution is 2.30. The Bertz CT molecular complexity index is 764. The predicted octanol–water partition coefficient (Wildman–Crippen LogP) is 2.89. The molecule has 108 valence electrons. The smallest absolute Gasteiger partial charge is 0.161 e. The van der Waals surface area contributed by atoms with E-state index in [0.717, 1.165) is 11.4 Å². The van der Waals surface area contributed by atoms with Crippen LogP contribution in [0.5, 0.6) is 5.75 Å². The van der Waals surface area contributed by atoms with Crippen molar-refractivity contribution >= 4 is 10.8 Å². The van der Waals surface area contributed by atoms with E-state index < -0.39 is 0 Å². The van der Waals surface area contributed by atoms with Crippen LogP contribution in [0.15, 0.2) is 48.7 Å². The lowest BCUT2D eigenvalue weighted by molar-refractivity contribution is 0.402. The number of hydrogen-bond acceptors (Lipinski definition) is 3. The molecule has 4 heteroatoms. The predicted molar refractivity (Wildman–Crippen MR) is 84.6 cm³/mol. The molecule has 2 aromatic carbocycles. The number of nitrogens with zero attached hydrogens (tertiary/aromatic N) is 2. The molecule has 4 nitrogen and oxygen atoms in total. The zero-order valence-corrected chi connectivity index (χ0v) is 12.5. The van der Waals surface area contributed by atoms with Crippen LogP contribution in [0.3, 0.4) is 0 Å². The van der Waals surface area contributed by atoms with Crippen molar-refractivity contribution in [1.82, 2.24) is 15.1 Å². The largest absolute Gasteiger partial charge is 0.493 e. The molecule has 21 heavy (non-hydrogen) atoms. The van der Waals surface area contributed by atoms with Gasteiger partial charge in [0.1, 0.15) is 5.69 Å². The van der Waals surface area contributed by atoms with Crippen LogP contribution in [0.2, 0.25) is 0 Å². The van der Waals surface area contributed by atoms with Crippen molar-refractivity contribution in [3.8, 4) is 5.75 Å². The quantitative estimate of drug-likeness (QED) is 0.799. The summed E-state index contributed by atoms with van der Waals surface area (Å²) < 4.78 is 7.29. The molecule has 0 radical (unpaired) electrons. The van der Waals surface area contributed by atoms with Gasteiger partial charge in [-0.15, -0.1) is 0 Å². The van der Waals surface area contributed by atoms with Crippen molar-refractivity contribution in [3.63, 3.8) is 0 Å². The summed E-state index contributed by atoms with van der Waals surface area (Å²) >= 11 is 0. The topological polar surface area (TPSA) is 39.1 Å². The van der Waals surface area contributed by atoms with Crippen LogP contribution in [-0.2, 0) is 7.05 Å². The van der Waals surface area contributed by atoms with Gasteiger partial charge in [-0.25, -0.2) is 0 Å². The van der Waals surface area contributed by atoms with E-state index in [1.807, 2.05) is 18.8 Å². The number of rotatable bonds is 4. The normalized spacial score (nSPS) is 12.5. The number of aromatic nitrogens is 2. The van der Waals surface area contributed by atoms with E-state index in [4.69, 9.17) is 4.74 Å². The van der Waals surface area contributed by atoms with Gasteiger partial charge >= 0.3 is 0 Å². The Morgan fingerprint density at radius 1 is 1.14 bits per heavy atom. The van der Waals surface area contributed by atoms with Gasteiger partial charge in [-0.1, -0.05) is 36.4 Å². The Balaban J connectivity index is 2.11. The highest BCUT2D eigenvalue weighted by atomic mass is 16.5. The molecule has 3 rings (SSSR count). The number of ether oxygens (including phenoxy) is 1. The summed E-state index contributed by atoms with van der Waals surface area (Å²) in [5.74, 6) is 0.796. The molecular formula is C17H19N3O. The van der Waals surface area contributed by atoms with Gasteiger partial charge in [-0.3, -0.25) is 4.68 Å². The van der Waals surface area contributed by atoms with Crippen molar-refractivity contribution in [3.05, 3.63) is 59.9 Å². The van der Waals surface area contributed by atoms with Crippen LogP contribution in [0.1, 0.15) is 17.3 Å². The Morgan fingerprint density at radius 3 is 2.62 bits per heavy atom. The van der Waals surface area contributed by atoms with Crippen LogP contribution in [0.25, 0.3) is 10.8 Å². The number of nitrogens with one attached hydrogen (secondary N) is 1. The molecule has 1 heterocycles. The monoisotopic (exact) mass is 281 g/mol. The van der Waals surface area contributed by atoms with Crippen LogP contribution in [-0.4, -0.2) is 23.9 Å². The number of aryl methyl sites for hydroxylation is 1. The first kappa shape index (κ1) is 13.6. The van der Waals surface area contributed by atoms with Crippen LogP contribution in [0, 0.1) is 0 Å². The van der Waals surface area contributed by atoms with E-state index in [2.05, 4.69) is 52.9 Å². The molecule has 1 aromatic heterocycles. The molecule has 0 aliphatic heterocycles. The minimum Gasteiger partial charge on any atom is -0.493 e. The molecule has 0 saturated heterocycles. The standard InChI is InChI=1S/C17H19N3O/c1-18-16(17-15(21-3)11-19-20(17)2)14-9-8-12-6-4-5-7-13(12)10-14/h4-11,16,18H,1-3H3. The third kappa shape index (κ3) is 2.38. The lowest BCUT2D eigenvalue weighted by Crippen LogP contribution is -2.21. The number of benzene rings is 2. The average molecular weight is 281 g/mol. The fourth-order valence-electron chi connectivity index (χ4n) is 2.76. The molecule has 0 fully saturated rings. The highest BCUT2D eigenvalue weighted by molar-refractivity contribution is 5.83. The first-order valence-electron chi connectivity index (χ1n) is 6.96. The summed E-state index contributed by atoms with van der Waals surface area (Å²) in [6, 6.07) is 14.9. The van der Waals surface area contributed by atoms with Crippen molar-refractivity contribution in [1.29, 1.82) is 0 Å². The summed E-state index contributed by atoms with van der Waals surface area (Å²) in [6.45, 7) is 0. The van der Waals surface area contributed by atoms with Gasteiger partial charge in [0.05, 0.1) is 19.3 Å². The fourth-order valence-corrected chi connectivity index (χ4v) is 2.76. The van der Waals surface area contributed by atoms with Crippen molar-refractivity contribution in [2.24, 2.45) is 7.05 Å². The van der Waals surface area contributed by atoms with E-state index >= 15 is 0 Å². The summed E-state index contributed by atoms with van der Waals surface area (Å²) in [6.07, 6.45) is 1.75. The lowest BCUT2D eigenvalue weighted by Gasteiger charge is -2.19. The van der Waals surface area contributed by atoms with Gasteiger partial charge in [-0.2, -0.15) is 5.10 Å². The number of methoxy groups -OCH3 is 1. The van der Waals surface area contributed by atoms with Crippen molar-refractivity contribution < 1.29 is 4.74 Å². The first-order chi connectivity index (χ1) is 10.2. The lowest BCUT2D eigenvalue weighted by atomic mass is 9.99. The Morgan fingerprint density at radius 2 is 1.90 bits per heavy atom. The van der Waals surface area contributed by atoms with Gasteiger partial charge in [0.15, 0.2) is 5.75 Å². The SMILES string of the molecule is CNC(c1ccc2ccccc2c1)c1c(OC)cnn1C. The van der Waals surface area contributed by atoms with Gasteiger partial charge in [0.25, 0.3) is 0 Å². The minimum absolute atomic E-state index is 0.0389. The van der Waals surface area contributed by atoms with Gasteiger partial charge < -0.3 is 10.1 Å². The van der Waals surface area contributed by atoms with E-state index in [1.165, 1.54) is 16.3 Å². The van der Waals surface area contributed by atoms with Crippen LogP contribution in [0.4, 0.5) is 0 Å². The molecule has 1 unspecified atom stereocenters. The van der Waals surface area contributed by atoms with Crippen molar-refractivity contribution in [2.75, 3.05) is 14.2 Å². The van der Waals surface area contributed by atoms with E-state index in [1.54, 1.807) is 13.3 Å². The molecule has 0 spiro atoms. The molecule has 0 aliphatic rings. The molecule has 1 N–H and O–H groups in total. The number of fused-ring (bicyclic) bond motifs is 1. The molecule has 0 amide bonds. The maximum absolute atomic E-state index is 5.43. The van der Waals surface area contributed by atoms with Crippen molar-refractivity contribution in [2.45, 2.75) is 6.04 Å². The fraction of sp³-hybridized carbons (Fsp3) is 0.235. The Kier molecular flexibility index (Phi) is 3.62. The van der Waals surface area contributed by atoms with E-state index in [9.17, 15) is 0 Å². The van der Waals surface area contributed by atoms with Crippen LogP contribution < -0.4 is 10.1 Å². The molecule has 0 aliphatic carbocycles. The molecule has 0 saturated carbocycles. The third-order valence-corrected chi connectivity index (χ3v) is 3.84. The molecular weight excluding hydrogens is 262 g/mol. The maximum Gasteiger partial charge on any atom is 0.161 e. The molecule has 3 aromatic rings. The molecule has 0 bridgehead atoms. The summed E-state index contributed by atoms with van der Waals surface area (Å²) in [5.41, 5.74) is 2.22. The van der Waals surface area contributed by atoms with Gasteiger partial charge in [0.2, 0.25) is 0 Å². The summed E-state index contributed by atoms with van der Waals surface area (Å²) in [7, 11) is 5.56.